The summed E-state index contributed by atoms with van der Waals surface area (Å²) >= 11 is 0. The fourth-order valence-corrected chi connectivity index (χ4v) is 4.34. The van der Waals surface area contributed by atoms with E-state index in [4.69, 9.17) is 18.9 Å². The molecule has 18 heavy (non-hydrogen) atoms. The molecule has 4 fully saturated rings. The molecule has 2 spiro atoms. The Morgan fingerprint density at radius 3 is 1.39 bits per heavy atom. The molecule has 0 radical (unpaired) electrons. The van der Waals surface area contributed by atoms with Gasteiger partial charge in [0.15, 0.2) is 11.6 Å². The monoisotopic (exact) mass is 254 g/mol. The van der Waals surface area contributed by atoms with Crippen LogP contribution in [0.15, 0.2) is 0 Å². The van der Waals surface area contributed by atoms with E-state index < -0.39 is 0 Å². The van der Waals surface area contributed by atoms with E-state index in [1.54, 1.807) is 0 Å². The Labute approximate surface area is 108 Å². The van der Waals surface area contributed by atoms with Crippen LogP contribution in [-0.4, -0.2) is 38.0 Å². The second-order valence-electron chi connectivity index (χ2n) is 6.22. The van der Waals surface area contributed by atoms with Crippen molar-refractivity contribution in [3.05, 3.63) is 0 Å². The Kier molecular flexibility index (Phi) is 2.70. The molecule has 4 rings (SSSR count). The second-order valence-corrected chi connectivity index (χ2v) is 6.22. The molecule has 0 bridgehead atoms. The minimum absolute atomic E-state index is 0.233. The first-order chi connectivity index (χ1) is 8.79. The van der Waals surface area contributed by atoms with Crippen LogP contribution in [0.25, 0.3) is 0 Å². The van der Waals surface area contributed by atoms with Crippen LogP contribution in [0.5, 0.6) is 0 Å². The summed E-state index contributed by atoms with van der Waals surface area (Å²) in [6.45, 7) is 3.09. The summed E-state index contributed by atoms with van der Waals surface area (Å²) in [6.07, 6.45) is 6.63. The zero-order valence-electron chi connectivity index (χ0n) is 10.9. The molecule has 4 nitrogen and oxygen atoms in total. The van der Waals surface area contributed by atoms with Crippen molar-refractivity contribution in [2.75, 3.05) is 26.4 Å². The van der Waals surface area contributed by atoms with Gasteiger partial charge in [0.1, 0.15) is 0 Å². The predicted octanol–water partition coefficient (Wildman–Crippen LogP) is 2.07. The molecular formula is C14H22O4. The first kappa shape index (κ1) is 11.6. The van der Waals surface area contributed by atoms with Crippen molar-refractivity contribution in [2.24, 2.45) is 11.8 Å². The molecular weight excluding hydrogens is 232 g/mol. The number of rotatable bonds is 0. The van der Waals surface area contributed by atoms with Crippen molar-refractivity contribution in [1.29, 1.82) is 0 Å². The minimum Gasteiger partial charge on any atom is -0.348 e. The number of hydrogen-bond acceptors (Lipinski definition) is 4. The lowest BCUT2D eigenvalue weighted by atomic mass is 9.67. The van der Waals surface area contributed by atoms with Gasteiger partial charge in [0, 0.05) is 25.7 Å². The zero-order valence-corrected chi connectivity index (χ0v) is 10.9. The fourth-order valence-electron chi connectivity index (χ4n) is 4.34. The van der Waals surface area contributed by atoms with Crippen molar-refractivity contribution >= 4 is 0 Å². The van der Waals surface area contributed by atoms with Crippen LogP contribution in [0.1, 0.15) is 38.5 Å². The van der Waals surface area contributed by atoms with E-state index in [0.29, 0.717) is 0 Å². The van der Waals surface area contributed by atoms with Gasteiger partial charge in [0.05, 0.1) is 26.4 Å². The van der Waals surface area contributed by atoms with Crippen LogP contribution >= 0.6 is 0 Å². The highest BCUT2D eigenvalue weighted by Crippen LogP contribution is 2.51. The minimum atomic E-state index is -0.233. The maximum absolute atomic E-state index is 5.86. The average Bonchev–Trinajstić information content (AvgIpc) is 3.01. The highest BCUT2D eigenvalue weighted by molar-refractivity contribution is 4.95. The van der Waals surface area contributed by atoms with Crippen LogP contribution in [0.3, 0.4) is 0 Å². The van der Waals surface area contributed by atoms with E-state index in [1.165, 1.54) is 12.8 Å². The lowest BCUT2D eigenvalue weighted by molar-refractivity contribution is -0.233. The summed E-state index contributed by atoms with van der Waals surface area (Å²) in [5.74, 6) is 0.997. The first-order valence-corrected chi connectivity index (χ1v) is 7.35. The molecule has 0 amide bonds. The number of fused-ring (bicyclic) bond motifs is 1. The van der Waals surface area contributed by atoms with Gasteiger partial charge in [0.25, 0.3) is 0 Å². The molecule has 4 aliphatic rings. The van der Waals surface area contributed by atoms with Gasteiger partial charge >= 0.3 is 0 Å². The number of ether oxygens (including phenoxy) is 4. The van der Waals surface area contributed by atoms with Gasteiger partial charge in [-0.1, -0.05) is 0 Å². The van der Waals surface area contributed by atoms with Crippen LogP contribution in [0, 0.1) is 11.8 Å². The molecule has 4 heteroatoms. The Hall–Kier alpha value is -0.160. The first-order valence-electron chi connectivity index (χ1n) is 7.35. The lowest BCUT2D eigenvalue weighted by Crippen LogP contribution is -2.47. The molecule has 0 aromatic heterocycles. The third-order valence-corrected chi connectivity index (χ3v) is 5.23. The Morgan fingerprint density at radius 1 is 0.611 bits per heavy atom. The highest BCUT2D eigenvalue weighted by atomic mass is 16.7. The smallest absolute Gasteiger partial charge is 0.168 e. The molecule has 0 aromatic carbocycles. The average molecular weight is 254 g/mol. The Balaban J connectivity index is 1.46. The third-order valence-electron chi connectivity index (χ3n) is 5.23. The summed E-state index contributed by atoms with van der Waals surface area (Å²) < 4.78 is 23.5. The van der Waals surface area contributed by atoms with Gasteiger partial charge in [-0.15, -0.1) is 0 Å². The number of hydrogen-bond donors (Lipinski definition) is 0. The maximum Gasteiger partial charge on any atom is 0.168 e. The Morgan fingerprint density at radius 2 is 1.00 bits per heavy atom. The van der Waals surface area contributed by atoms with Gasteiger partial charge in [-0.25, -0.2) is 0 Å². The van der Waals surface area contributed by atoms with Crippen LogP contribution in [-0.2, 0) is 18.9 Å². The van der Waals surface area contributed by atoms with Gasteiger partial charge in [-0.05, 0) is 24.7 Å². The van der Waals surface area contributed by atoms with Crippen LogP contribution in [0.4, 0.5) is 0 Å². The van der Waals surface area contributed by atoms with Gasteiger partial charge in [-0.3, -0.25) is 0 Å². The standard InChI is InChI=1S/C14H22O4/c1-3-13(15-5-6-16-13)10-12-2-4-14(9-11(1)12)17-7-8-18-14/h11-12H,1-10H2. The maximum atomic E-state index is 5.86. The second kappa shape index (κ2) is 4.17. The summed E-state index contributed by atoms with van der Waals surface area (Å²) in [5.41, 5.74) is 0. The van der Waals surface area contributed by atoms with Crippen molar-refractivity contribution < 1.29 is 18.9 Å². The molecule has 102 valence electrons. The van der Waals surface area contributed by atoms with E-state index in [1.807, 2.05) is 0 Å². The van der Waals surface area contributed by atoms with Crippen molar-refractivity contribution in [2.45, 2.75) is 50.1 Å². The molecule has 2 saturated heterocycles. The fraction of sp³-hybridized carbons (Fsp3) is 1.00. The molecule has 2 atom stereocenters. The van der Waals surface area contributed by atoms with Crippen LogP contribution in [0.2, 0.25) is 0 Å². The topological polar surface area (TPSA) is 36.9 Å². The van der Waals surface area contributed by atoms with Crippen molar-refractivity contribution in [3.63, 3.8) is 0 Å². The van der Waals surface area contributed by atoms with E-state index in [9.17, 15) is 0 Å². The summed E-state index contributed by atoms with van der Waals surface area (Å²) in [6, 6.07) is 0. The Bertz CT molecular complexity index is 286. The van der Waals surface area contributed by atoms with Crippen molar-refractivity contribution in [3.8, 4) is 0 Å². The lowest BCUT2D eigenvalue weighted by Gasteiger charge is -2.47. The predicted molar refractivity (Wildman–Crippen MR) is 64.0 cm³/mol. The molecule has 2 unspecified atom stereocenters. The van der Waals surface area contributed by atoms with Crippen molar-refractivity contribution in [1.82, 2.24) is 0 Å². The molecule has 2 heterocycles. The molecule has 0 N–H and O–H groups in total. The summed E-state index contributed by atoms with van der Waals surface area (Å²) in [4.78, 5) is 0. The largest absolute Gasteiger partial charge is 0.348 e. The van der Waals surface area contributed by atoms with Gasteiger partial charge < -0.3 is 18.9 Å². The molecule has 0 aromatic rings. The van der Waals surface area contributed by atoms with E-state index in [-0.39, 0.29) is 11.6 Å². The van der Waals surface area contributed by atoms with E-state index >= 15 is 0 Å². The van der Waals surface area contributed by atoms with Gasteiger partial charge in [-0.2, -0.15) is 0 Å². The molecule has 2 saturated carbocycles. The summed E-state index contributed by atoms with van der Waals surface area (Å²) in [5, 5.41) is 0. The summed E-state index contributed by atoms with van der Waals surface area (Å²) in [7, 11) is 0. The van der Waals surface area contributed by atoms with Crippen LogP contribution < -0.4 is 0 Å². The third kappa shape index (κ3) is 1.82. The van der Waals surface area contributed by atoms with Gasteiger partial charge in [0.2, 0.25) is 0 Å². The quantitative estimate of drug-likeness (QED) is 0.663. The SMILES string of the molecule is C1COC2(CCC3CC4(CCC3C2)OCCO4)O1. The highest BCUT2D eigenvalue weighted by Gasteiger charge is 2.51. The normalized spacial score (nSPS) is 41.3. The molecule has 2 aliphatic heterocycles. The molecule has 2 aliphatic carbocycles. The van der Waals surface area contributed by atoms with E-state index in [2.05, 4.69) is 0 Å². The van der Waals surface area contributed by atoms with E-state index in [0.717, 1.165) is 63.9 Å². The zero-order chi connectivity index (χ0) is 12.1.